The van der Waals surface area contributed by atoms with E-state index in [2.05, 4.69) is 10.2 Å². The van der Waals surface area contributed by atoms with Gasteiger partial charge < -0.3 is 15.1 Å². The molecule has 1 aromatic carbocycles. The molecule has 7 heteroatoms. The van der Waals surface area contributed by atoms with Crippen LogP contribution in [-0.2, 0) is 4.79 Å². The molecule has 1 atom stereocenters. The largest absolute Gasteiger partial charge is 0.343 e. The van der Waals surface area contributed by atoms with Gasteiger partial charge in [0.25, 0.3) is 5.91 Å². The minimum atomic E-state index is -0.576. The summed E-state index contributed by atoms with van der Waals surface area (Å²) >= 11 is 12.0. The number of amides is 2. The fourth-order valence-electron chi connectivity index (χ4n) is 3.28. The van der Waals surface area contributed by atoms with E-state index in [0.29, 0.717) is 23.6 Å². The lowest BCUT2D eigenvalue weighted by atomic mass is 10.0. The number of likely N-dealkylation sites (tertiary alicyclic amines) is 1. The summed E-state index contributed by atoms with van der Waals surface area (Å²) in [5.41, 5.74) is 0.322. The van der Waals surface area contributed by atoms with Crippen LogP contribution in [0.3, 0.4) is 0 Å². The third-order valence-corrected chi connectivity index (χ3v) is 5.36. The summed E-state index contributed by atoms with van der Waals surface area (Å²) < 4.78 is 0. The maximum Gasteiger partial charge on any atom is 0.253 e. The van der Waals surface area contributed by atoms with E-state index in [1.165, 1.54) is 18.9 Å². The number of carbonyl (C=O) groups excluding carboxylic acids is 2. The smallest absolute Gasteiger partial charge is 0.253 e. The van der Waals surface area contributed by atoms with Crippen LogP contribution in [0.15, 0.2) is 18.2 Å². The number of hydrogen-bond acceptors (Lipinski definition) is 3. The predicted octanol–water partition coefficient (Wildman–Crippen LogP) is 3.69. The number of benzene rings is 1. The summed E-state index contributed by atoms with van der Waals surface area (Å²) in [7, 11) is 1.80. The van der Waals surface area contributed by atoms with Crippen molar-refractivity contribution < 1.29 is 9.59 Å². The molecule has 2 amide bonds. The quantitative estimate of drug-likeness (QED) is 0.706. The van der Waals surface area contributed by atoms with Crippen molar-refractivity contribution in [2.75, 3.05) is 33.2 Å². The minimum absolute atomic E-state index is 0.0682. The number of nitrogens with one attached hydrogen (secondary N) is 1. The average molecular weight is 414 g/mol. The molecule has 1 fully saturated rings. The van der Waals surface area contributed by atoms with Crippen LogP contribution < -0.4 is 5.32 Å². The van der Waals surface area contributed by atoms with Crippen molar-refractivity contribution in [1.82, 2.24) is 15.1 Å². The average Bonchev–Trinajstić information content (AvgIpc) is 3.11. The molecule has 0 bridgehead atoms. The standard InChI is InChI=1S/C20H29Cl2N3O2/c1-14(2)12-18(20(27)24(3)10-11-25-8-4-5-9-25)23-19(26)16-7-6-15(21)13-17(16)22/h6-7,13-14,18H,4-5,8-12H2,1-3H3,(H,23,26). The van der Waals surface area contributed by atoms with Crippen molar-refractivity contribution >= 4 is 35.0 Å². The molecule has 1 aliphatic rings. The second kappa shape index (κ2) is 10.3. The molecule has 1 heterocycles. The van der Waals surface area contributed by atoms with Crippen molar-refractivity contribution in [1.29, 1.82) is 0 Å². The summed E-state index contributed by atoms with van der Waals surface area (Å²) in [5, 5.41) is 3.60. The number of hydrogen-bond donors (Lipinski definition) is 1. The van der Waals surface area contributed by atoms with Gasteiger partial charge in [0, 0.05) is 25.2 Å². The molecule has 0 spiro atoms. The van der Waals surface area contributed by atoms with Gasteiger partial charge in [-0.15, -0.1) is 0 Å². The first-order valence-corrected chi connectivity index (χ1v) is 10.3. The maximum atomic E-state index is 12.9. The molecular formula is C20H29Cl2N3O2. The number of nitrogens with zero attached hydrogens (tertiary/aromatic N) is 2. The summed E-state index contributed by atoms with van der Waals surface area (Å²) in [6.45, 7) is 7.79. The predicted molar refractivity (Wildman–Crippen MR) is 110 cm³/mol. The minimum Gasteiger partial charge on any atom is -0.343 e. The molecule has 150 valence electrons. The van der Waals surface area contributed by atoms with E-state index in [1.807, 2.05) is 13.8 Å². The third-order valence-electron chi connectivity index (χ3n) is 4.81. The highest BCUT2D eigenvalue weighted by Crippen LogP contribution is 2.21. The van der Waals surface area contributed by atoms with Crippen LogP contribution in [0.1, 0.15) is 43.5 Å². The lowest BCUT2D eigenvalue weighted by Gasteiger charge is -2.27. The number of carbonyl (C=O) groups is 2. The molecule has 27 heavy (non-hydrogen) atoms. The number of likely N-dealkylation sites (N-methyl/N-ethyl adjacent to an activating group) is 1. The van der Waals surface area contributed by atoms with Gasteiger partial charge >= 0.3 is 0 Å². The van der Waals surface area contributed by atoms with Crippen LogP contribution in [0, 0.1) is 5.92 Å². The van der Waals surface area contributed by atoms with Crippen molar-refractivity contribution in [2.45, 2.75) is 39.2 Å². The van der Waals surface area contributed by atoms with Gasteiger partial charge in [-0.05, 0) is 56.5 Å². The van der Waals surface area contributed by atoms with Gasteiger partial charge in [-0.3, -0.25) is 9.59 Å². The number of halogens is 2. The van der Waals surface area contributed by atoms with E-state index in [0.717, 1.165) is 19.6 Å². The highest BCUT2D eigenvalue weighted by atomic mass is 35.5. The summed E-state index contributed by atoms with van der Waals surface area (Å²) in [6, 6.07) is 4.14. The zero-order valence-corrected chi connectivity index (χ0v) is 17.8. The molecule has 0 aromatic heterocycles. The Morgan fingerprint density at radius 1 is 1.22 bits per heavy atom. The zero-order valence-electron chi connectivity index (χ0n) is 16.3. The molecule has 2 rings (SSSR count). The molecule has 5 nitrogen and oxygen atoms in total. The van der Waals surface area contributed by atoms with Crippen LogP contribution in [0.5, 0.6) is 0 Å². The van der Waals surface area contributed by atoms with Gasteiger partial charge in [0.2, 0.25) is 5.91 Å². The van der Waals surface area contributed by atoms with Gasteiger partial charge in [0.05, 0.1) is 10.6 Å². The molecule has 0 radical (unpaired) electrons. The topological polar surface area (TPSA) is 52.7 Å². The molecule has 1 unspecified atom stereocenters. The molecule has 1 aromatic rings. The Labute approximate surface area is 172 Å². The van der Waals surface area contributed by atoms with Gasteiger partial charge in [-0.2, -0.15) is 0 Å². The molecule has 1 aliphatic heterocycles. The molecule has 0 saturated carbocycles. The van der Waals surface area contributed by atoms with Crippen LogP contribution >= 0.6 is 23.2 Å². The molecular weight excluding hydrogens is 385 g/mol. The summed E-state index contributed by atoms with van der Waals surface area (Å²) in [4.78, 5) is 29.7. The van der Waals surface area contributed by atoms with Gasteiger partial charge in [0.1, 0.15) is 6.04 Å². The van der Waals surface area contributed by atoms with Crippen molar-refractivity contribution in [3.05, 3.63) is 33.8 Å². The van der Waals surface area contributed by atoms with E-state index in [4.69, 9.17) is 23.2 Å². The van der Waals surface area contributed by atoms with Crippen molar-refractivity contribution in [3.63, 3.8) is 0 Å². The van der Waals surface area contributed by atoms with E-state index < -0.39 is 6.04 Å². The first kappa shape index (κ1) is 22.0. The first-order chi connectivity index (χ1) is 12.8. The van der Waals surface area contributed by atoms with E-state index >= 15 is 0 Å². The second-order valence-corrected chi connectivity index (χ2v) is 8.43. The fraction of sp³-hybridized carbons (Fsp3) is 0.600. The van der Waals surface area contributed by atoms with Gasteiger partial charge in [-0.25, -0.2) is 0 Å². The SMILES string of the molecule is CC(C)CC(NC(=O)c1ccc(Cl)cc1Cl)C(=O)N(C)CCN1CCCC1. The Kier molecular flexibility index (Phi) is 8.39. The number of rotatable bonds is 8. The van der Waals surface area contributed by atoms with E-state index in [1.54, 1.807) is 24.1 Å². The third kappa shape index (κ3) is 6.66. The monoisotopic (exact) mass is 413 g/mol. The summed E-state index contributed by atoms with van der Waals surface area (Å²) in [6.07, 6.45) is 3.03. The zero-order chi connectivity index (χ0) is 20.0. The van der Waals surface area contributed by atoms with Crippen molar-refractivity contribution in [2.24, 2.45) is 5.92 Å². The van der Waals surface area contributed by atoms with Gasteiger partial charge in [-0.1, -0.05) is 37.0 Å². The van der Waals surface area contributed by atoms with Crippen LogP contribution in [-0.4, -0.2) is 60.9 Å². The second-order valence-electron chi connectivity index (χ2n) is 7.59. The Morgan fingerprint density at radius 3 is 2.48 bits per heavy atom. The molecule has 1 saturated heterocycles. The Hall–Kier alpha value is -1.30. The maximum absolute atomic E-state index is 12.9. The lowest BCUT2D eigenvalue weighted by Crippen LogP contribution is -2.49. The summed E-state index contributed by atoms with van der Waals surface area (Å²) in [5.74, 6) is -0.156. The normalized spacial score (nSPS) is 15.8. The fourth-order valence-corrected chi connectivity index (χ4v) is 3.77. The molecule has 1 N–H and O–H groups in total. The Bertz CT molecular complexity index is 661. The van der Waals surface area contributed by atoms with Gasteiger partial charge in [0.15, 0.2) is 0 Å². The molecule has 0 aliphatic carbocycles. The van der Waals surface area contributed by atoms with E-state index in [-0.39, 0.29) is 22.8 Å². The Balaban J connectivity index is 2.01. The lowest BCUT2D eigenvalue weighted by molar-refractivity contribution is -0.132. The van der Waals surface area contributed by atoms with Crippen molar-refractivity contribution in [3.8, 4) is 0 Å². The van der Waals surface area contributed by atoms with Crippen LogP contribution in [0.2, 0.25) is 10.0 Å². The van der Waals surface area contributed by atoms with Crippen LogP contribution in [0.25, 0.3) is 0 Å². The highest BCUT2D eigenvalue weighted by molar-refractivity contribution is 6.36. The van der Waals surface area contributed by atoms with E-state index in [9.17, 15) is 9.59 Å². The first-order valence-electron chi connectivity index (χ1n) is 9.51. The van der Waals surface area contributed by atoms with Crippen LogP contribution in [0.4, 0.5) is 0 Å². The highest BCUT2D eigenvalue weighted by Gasteiger charge is 2.26. The Morgan fingerprint density at radius 2 is 1.89 bits per heavy atom.